The molecule has 0 N–H and O–H groups in total. The first-order valence-corrected chi connectivity index (χ1v) is 6.18. The van der Waals surface area contributed by atoms with Crippen molar-refractivity contribution in [1.29, 1.82) is 0 Å². The van der Waals surface area contributed by atoms with Gasteiger partial charge in [0.15, 0.2) is 0 Å². The van der Waals surface area contributed by atoms with Crippen molar-refractivity contribution in [3.63, 3.8) is 0 Å². The zero-order chi connectivity index (χ0) is 11.9. The molecule has 0 saturated heterocycles. The lowest BCUT2D eigenvalue weighted by Crippen LogP contribution is -2.12. The summed E-state index contributed by atoms with van der Waals surface area (Å²) >= 11 is 7.67. The van der Waals surface area contributed by atoms with Crippen molar-refractivity contribution in [2.45, 2.75) is 13.5 Å². The van der Waals surface area contributed by atoms with Gasteiger partial charge in [-0.15, -0.1) is 0 Å². The Kier molecular flexibility index (Phi) is 3.21. The van der Waals surface area contributed by atoms with Crippen molar-refractivity contribution in [1.82, 2.24) is 4.57 Å². The Bertz CT molecular complexity index is 623. The summed E-state index contributed by atoms with van der Waals surface area (Å²) in [5.41, 5.74) is 0.509. The molecule has 1 heterocycles. The first kappa shape index (κ1) is 11.9. The maximum absolute atomic E-state index is 13.3. The predicted molar refractivity (Wildman–Crippen MR) is 71.6 cm³/mol. The fourth-order valence-electron chi connectivity index (χ4n) is 1.61. The number of hydrogen-bond donors (Lipinski definition) is 0. The maximum atomic E-state index is 13.3. The van der Waals surface area contributed by atoms with Crippen LogP contribution in [0.1, 0.15) is 6.92 Å². The fourth-order valence-corrected chi connectivity index (χ4v) is 2.40. The number of aromatic nitrogens is 1. The van der Waals surface area contributed by atoms with E-state index in [2.05, 4.69) is 0 Å². The summed E-state index contributed by atoms with van der Waals surface area (Å²) in [5, 5.41) is 0.408. The lowest BCUT2D eigenvalue weighted by molar-refractivity contribution is 0.629. The SMILES string of the molecule is CCn1cc(I)c(=O)c2cc(F)c(Cl)cc21. The van der Waals surface area contributed by atoms with Crippen molar-refractivity contribution >= 4 is 45.1 Å². The van der Waals surface area contributed by atoms with Gasteiger partial charge in [-0.05, 0) is 41.6 Å². The van der Waals surface area contributed by atoms with Crippen molar-refractivity contribution in [3.05, 3.63) is 43.0 Å². The predicted octanol–water partition coefficient (Wildman–Crippen LogP) is 3.42. The average molecular weight is 352 g/mol. The van der Waals surface area contributed by atoms with Crippen LogP contribution in [0.25, 0.3) is 10.9 Å². The van der Waals surface area contributed by atoms with Crippen LogP contribution in [0.5, 0.6) is 0 Å². The highest BCUT2D eigenvalue weighted by Crippen LogP contribution is 2.21. The Morgan fingerprint density at radius 1 is 1.50 bits per heavy atom. The molecule has 0 aliphatic heterocycles. The van der Waals surface area contributed by atoms with Crippen molar-refractivity contribution in [2.75, 3.05) is 0 Å². The summed E-state index contributed by atoms with van der Waals surface area (Å²) in [5.74, 6) is -0.559. The molecule has 0 spiro atoms. The van der Waals surface area contributed by atoms with Crippen LogP contribution in [0, 0.1) is 9.39 Å². The molecule has 0 aliphatic rings. The Labute approximate surface area is 110 Å². The Morgan fingerprint density at radius 3 is 2.81 bits per heavy atom. The van der Waals surface area contributed by atoms with Crippen molar-refractivity contribution < 1.29 is 4.39 Å². The van der Waals surface area contributed by atoms with Gasteiger partial charge in [-0.1, -0.05) is 11.6 Å². The minimum Gasteiger partial charge on any atom is -0.346 e. The molecule has 1 aromatic heterocycles. The second-order valence-corrected chi connectivity index (χ2v) is 4.95. The largest absolute Gasteiger partial charge is 0.346 e. The molecule has 0 aliphatic carbocycles. The number of nitrogens with zero attached hydrogens (tertiary/aromatic N) is 1. The van der Waals surface area contributed by atoms with E-state index in [0.717, 1.165) is 0 Å². The topological polar surface area (TPSA) is 22.0 Å². The lowest BCUT2D eigenvalue weighted by atomic mass is 10.2. The standard InChI is InChI=1S/C11H8ClFINO/c1-2-15-5-9(14)11(16)6-3-8(13)7(12)4-10(6)15/h3-5H,2H2,1H3. The molecule has 84 valence electrons. The molecule has 0 radical (unpaired) electrons. The highest BCUT2D eigenvalue weighted by atomic mass is 127. The molecule has 0 fully saturated rings. The summed E-state index contributed by atoms with van der Waals surface area (Å²) in [7, 11) is 0. The first-order chi connectivity index (χ1) is 7.54. The average Bonchev–Trinajstić information content (AvgIpc) is 2.26. The summed E-state index contributed by atoms with van der Waals surface area (Å²) in [6.45, 7) is 2.66. The van der Waals surface area contributed by atoms with E-state index in [0.29, 0.717) is 21.0 Å². The first-order valence-electron chi connectivity index (χ1n) is 4.72. The van der Waals surface area contributed by atoms with Crippen molar-refractivity contribution in [2.24, 2.45) is 0 Å². The van der Waals surface area contributed by atoms with Crippen LogP contribution in [0.4, 0.5) is 4.39 Å². The van der Waals surface area contributed by atoms with Gasteiger partial charge in [0.1, 0.15) is 5.82 Å². The van der Waals surface area contributed by atoms with Crippen LogP contribution in [0.15, 0.2) is 23.1 Å². The molecule has 0 bridgehead atoms. The molecule has 5 heteroatoms. The molecule has 2 rings (SSSR count). The molecule has 2 aromatic rings. The third-order valence-corrected chi connectivity index (χ3v) is 3.48. The van der Waals surface area contributed by atoms with E-state index in [1.807, 2.05) is 34.1 Å². The van der Waals surface area contributed by atoms with E-state index in [9.17, 15) is 9.18 Å². The Hall–Kier alpha value is -0.620. The normalized spacial score (nSPS) is 11.0. The van der Waals surface area contributed by atoms with E-state index < -0.39 is 5.82 Å². The molecule has 0 unspecified atom stereocenters. The molecule has 0 amide bonds. The molecule has 16 heavy (non-hydrogen) atoms. The summed E-state index contributed by atoms with van der Waals surface area (Å²) < 4.78 is 15.8. The Morgan fingerprint density at radius 2 is 2.19 bits per heavy atom. The third kappa shape index (κ3) is 1.84. The van der Waals surface area contributed by atoms with E-state index in [-0.39, 0.29) is 10.5 Å². The van der Waals surface area contributed by atoms with Gasteiger partial charge in [-0.3, -0.25) is 4.79 Å². The minimum atomic E-state index is -0.559. The second-order valence-electron chi connectivity index (χ2n) is 3.38. The van der Waals surface area contributed by atoms with Gasteiger partial charge in [-0.25, -0.2) is 4.39 Å². The quantitative estimate of drug-likeness (QED) is 0.722. The van der Waals surface area contributed by atoms with E-state index >= 15 is 0 Å². The third-order valence-electron chi connectivity index (χ3n) is 2.42. The van der Waals surface area contributed by atoms with Gasteiger partial charge in [0.2, 0.25) is 5.43 Å². The van der Waals surface area contributed by atoms with Crippen LogP contribution >= 0.6 is 34.2 Å². The highest BCUT2D eigenvalue weighted by Gasteiger charge is 2.10. The minimum absolute atomic E-state index is 0.0373. The van der Waals surface area contributed by atoms with Gasteiger partial charge < -0.3 is 4.57 Å². The number of halogens is 3. The monoisotopic (exact) mass is 351 g/mol. The number of aryl methyl sites for hydroxylation is 1. The van der Waals surface area contributed by atoms with Gasteiger partial charge >= 0.3 is 0 Å². The van der Waals surface area contributed by atoms with Gasteiger partial charge in [0.25, 0.3) is 0 Å². The number of pyridine rings is 1. The van der Waals surface area contributed by atoms with Crippen LogP contribution in [0.2, 0.25) is 5.02 Å². The molecular weight excluding hydrogens is 343 g/mol. The summed E-state index contributed by atoms with van der Waals surface area (Å²) in [6, 6.07) is 2.70. The van der Waals surface area contributed by atoms with Crippen LogP contribution in [0.3, 0.4) is 0 Å². The van der Waals surface area contributed by atoms with E-state index in [1.54, 1.807) is 6.20 Å². The van der Waals surface area contributed by atoms with Gasteiger partial charge in [0, 0.05) is 18.1 Å². The van der Waals surface area contributed by atoms with Crippen LogP contribution in [-0.4, -0.2) is 4.57 Å². The molecular formula is C11H8ClFINO. The summed E-state index contributed by atoms with van der Waals surface area (Å²) in [4.78, 5) is 11.8. The zero-order valence-electron chi connectivity index (χ0n) is 8.43. The van der Waals surface area contributed by atoms with Gasteiger partial charge in [0.05, 0.1) is 14.1 Å². The number of fused-ring (bicyclic) bond motifs is 1. The molecule has 0 atom stereocenters. The van der Waals surface area contributed by atoms with Gasteiger partial charge in [-0.2, -0.15) is 0 Å². The zero-order valence-corrected chi connectivity index (χ0v) is 11.3. The van der Waals surface area contributed by atoms with Crippen LogP contribution in [-0.2, 0) is 6.54 Å². The number of rotatable bonds is 1. The molecule has 0 saturated carbocycles. The maximum Gasteiger partial charge on any atom is 0.202 e. The number of hydrogen-bond acceptors (Lipinski definition) is 1. The Balaban J connectivity index is 2.99. The molecule has 2 nitrogen and oxygen atoms in total. The summed E-state index contributed by atoms with van der Waals surface area (Å²) in [6.07, 6.45) is 1.75. The lowest BCUT2D eigenvalue weighted by Gasteiger charge is -2.09. The van der Waals surface area contributed by atoms with Crippen LogP contribution < -0.4 is 5.43 Å². The smallest absolute Gasteiger partial charge is 0.202 e. The molecule has 1 aromatic carbocycles. The second kappa shape index (κ2) is 4.33. The van der Waals surface area contributed by atoms with Crippen molar-refractivity contribution in [3.8, 4) is 0 Å². The van der Waals surface area contributed by atoms with E-state index in [4.69, 9.17) is 11.6 Å². The highest BCUT2D eigenvalue weighted by molar-refractivity contribution is 14.1. The van der Waals surface area contributed by atoms with E-state index in [1.165, 1.54) is 12.1 Å². The fraction of sp³-hybridized carbons (Fsp3) is 0.182. The number of benzene rings is 1.